The largest absolute Gasteiger partial charge is 0.490 e. The monoisotopic (exact) mass is 358 g/mol. The zero-order chi connectivity index (χ0) is 18.2. The molecule has 25 heavy (non-hydrogen) atoms. The third kappa shape index (κ3) is 3.26. The summed E-state index contributed by atoms with van der Waals surface area (Å²) in [4.78, 5) is 23.0. The van der Waals surface area contributed by atoms with E-state index in [1.165, 1.54) is 19.3 Å². The molecule has 3 unspecified atom stereocenters. The van der Waals surface area contributed by atoms with E-state index in [0.29, 0.717) is 12.0 Å². The lowest BCUT2D eigenvalue weighted by atomic mass is 9.99. The maximum atomic E-state index is 10.6. The lowest BCUT2D eigenvalue weighted by Crippen LogP contribution is -2.43. The van der Waals surface area contributed by atoms with Crippen LogP contribution in [-0.4, -0.2) is 56.0 Å². The number of nitrogens with one attached hydrogen (secondary N) is 1. The summed E-state index contributed by atoms with van der Waals surface area (Å²) in [6.45, 7) is 0.219. The number of aliphatic carboxylic acids is 1. The number of fused-ring (bicyclic) bond motifs is 3. The Morgan fingerprint density at radius 1 is 1.36 bits per heavy atom. The number of aliphatic hydroxyl groups excluding tert-OH is 1. The molecule has 1 saturated carbocycles. The molecular weight excluding hydrogens is 341 g/mol. The van der Waals surface area contributed by atoms with Gasteiger partial charge in [-0.2, -0.15) is 13.2 Å². The first-order chi connectivity index (χ1) is 11.8. The fourth-order valence-electron chi connectivity index (χ4n) is 3.72. The first kappa shape index (κ1) is 17.5. The van der Waals surface area contributed by atoms with Gasteiger partial charge in [-0.3, -0.25) is 0 Å². The Bertz CT molecular complexity index is 764. The minimum Gasteiger partial charge on any atom is -0.475 e. The van der Waals surface area contributed by atoms with Gasteiger partial charge in [-0.1, -0.05) is 0 Å². The van der Waals surface area contributed by atoms with Crippen molar-refractivity contribution in [3.63, 3.8) is 0 Å². The van der Waals surface area contributed by atoms with Crippen LogP contribution in [0.15, 0.2) is 18.6 Å². The summed E-state index contributed by atoms with van der Waals surface area (Å²) in [5.74, 6) is -1.15. The molecule has 2 aromatic heterocycles. The molecule has 1 aliphatic carbocycles. The Morgan fingerprint density at radius 2 is 2.08 bits per heavy atom. The highest BCUT2D eigenvalue weighted by molar-refractivity contribution is 5.87. The van der Waals surface area contributed by atoms with Gasteiger partial charge >= 0.3 is 12.1 Å². The number of H-pyrrole nitrogens is 1. The van der Waals surface area contributed by atoms with E-state index in [1.54, 1.807) is 6.33 Å². The molecule has 10 heteroatoms. The smallest absolute Gasteiger partial charge is 0.475 e. The number of rotatable bonds is 2. The van der Waals surface area contributed by atoms with Crippen LogP contribution in [0.4, 0.5) is 19.0 Å². The number of nitrogens with zero attached hydrogens (tertiary/aromatic N) is 3. The second-order valence-corrected chi connectivity index (χ2v) is 6.12. The van der Waals surface area contributed by atoms with Gasteiger partial charge in [0.05, 0.1) is 18.0 Å². The Kier molecular flexibility index (Phi) is 4.55. The van der Waals surface area contributed by atoms with E-state index in [-0.39, 0.29) is 12.6 Å². The number of aromatic nitrogens is 3. The van der Waals surface area contributed by atoms with Crippen molar-refractivity contribution >= 4 is 22.8 Å². The highest BCUT2D eigenvalue weighted by Crippen LogP contribution is 2.45. The van der Waals surface area contributed by atoms with E-state index in [9.17, 15) is 18.3 Å². The van der Waals surface area contributed by atoms with Crippen molar-refractivity contribution in [2.75, 3.05) is 11.5 Å². The number of aromatic amines is 1. The molecule has 3 heterocycles. The quantitative estimate of drug-likeness (QED) is 0.758. The molecule has 1 saturated heterocycles. The lowest BCUT2D eigenvalue weighted by molar-refractivity contribution is -0.192. The van der Waals surface area contributed by atoms with Crippen molar-refractivity contribution < 1.29 is 28.2 Å². The molecular formula is C15H17F3N4O3. The zero-order valence-electron chi connectivity index (χ0n) is 13.1. The normalized spacial score (nSPS) is 25.1. The first-order valence-electron chi connectivity index (χ1n) is 7.80. The standard InChI is InChI=1S/C13H16N4O.C2HF3O2/c18-6-11-8-1-2-9(5-8)17(11)13-10-3-4-14-12(10)15-7-16-13;3-2(4,5)1(6)7/h3-4,7-9,11,18H,1-2,5-6H2,(H,14,15,16);(H,6,7). The third-order valence-corrected chi connectivity index (χ3v) is 4.75. The van der Waals surface area contributed by atoms with E-state index in [0.717, 1.165) is 16.9 Å². The van der Waals surface area contributed by atoms with Gasteiger partial charge in [0.1, 0.15) is 17.8 Å². The van der Waals surface area contributed by atoms with Gasteiger partial charge in [0, 0.05) is 12.2 Å². The van der Waals surface area contributed by atoms with E-state index >= 15 is 0 Å². The number of piperidine rings is 1. The number of carbonyl (C=O) groups is 1. The zero-order valence-corrected chi connectivity index (χ0v) is 13.1. The Labute approximate surface area is 140 Å². The summed E-state index contributed by atoms with van der Waals surface area (Å²) in [6, 6.07) is 2.79. The average molecular weight is 358 g/mol. The van der Waals surface area contributed by atoms with Gasteiger partial charge in [0.15, 0.2) is 0 Å². The molecule has 2 bridgehead atoms. The maximum absolute atomic E-state index is 10.6. The van der Waals surface area contributed by atoms with Crippen LogP contribution in [0.3, 0.4) is 0 Å². The van der Waals surface area contributed by atoms with Crippen LogP contribution in [0.1, 0.15) is 19.3 Å². The third-order valence-electron chi connectivity index (χ3n) is 4.75. The van der Waals surface area contributed by atoms with Crippen LogP contribution in [0.2, 0.25) is 0 Å². The molecule has 0 spiro atoms. The molecule has 0 amide bonds. The molecule has 1 aliphatic heterocycles. The van der Waals surface area contributed by atoms with Gasteiger partial charge in [0.2, 0.25) is 0 Å². The number of aliphatic hydroxyl groups is 1. The number of carboxylic acid groups (broad SMARTS) is 1. The number of anilines is 1. The van der Waals surface area contributed by atoms with Crippen LogP contribution in [-0.2, 0) is 4.79 Å². The predicted octanol–water partition coefficient (Wildman–Crippen LogP) is 1.94. The topological polar surface area (TPSA) is 102 Å². The van der Waals surface area contributed by atoms with Crippen LogP contribution >= 0.6 is 0 Å². The predicted molar refractivity (Wildman–Crippen MR) is 82.1 cm³/mol. The van der Waals surface area contributed by atoms with E-state index < -0.39 is 12.1 Å². The van der Waals surface area contributed by atoms with Crippen molar-refractivity contribution in [3.05, 3.63) is 18.6 Å². The number of hydrogen-bond acceptors (Lipinski definition) is 5. The summed E-state index contributed by atoms with van der Waals surface area (Å²) in [5.41, 5.74) is 0.875. The molecule has 2 aromatic rings. The minimum absolute atomic E-state index is 0.219. The summed E-state index contributed by atoms with van der Waals surface area (Å²) in [5, 5.41) is 17.8. The maximum Gasteiger partial charge on any atom is 0.490 e. The van der Waals surface area contributed by atoms with E-state index in [2.05, 4.69) is 19.9 Å². The summed E-state index contributed by atoms with van der Waals surface area (Å²) in [6.07, 6.45) is 2.08. The second kappa shape index (κ2) is 6.51. The molecule has 3 N–H and O–H groups in total. The van der Waals surface area contributed by atoms with Crippen molar-refractivity contribution in [1.29, 1.82) is 0 Å². The molecule has 0 radical (unpaired) electrons. The van der Waals surface area contributed by atoms with Gasteiger partial charge in [0.25, 0.3) is 0 Å². The Balaban J connectivity index is 0.000000225. The van der Waals surface area contributed by atoms with Crippen LogP contribution < -0.4 is 4.90 Å². The van der Waals surface area contributed by atoms with Gasteiger partial charge in [-0.15, -0.1) is 0 Å². The first-order valence-corrected chi connectivity index (χ1v) is 7.80. The van der Waals surface area contributed by atoms with Crippen molar-refractivity contribution in [1.82, 2.24) is 15.0 Å². The lowest BCUT2D eigenvalue weighted by Gasteiger charge is -2.35. The van der Waals surface area contributed by atoms with E-state index in [4.69, 9.17) is 9.90 Å². The van der Waals surface area contributed by atoms with E-state index in [1.807, 2.05) is 12.3 Å². The SMILES string of the molecule is O=C(O)C(F)(F)F.OCC1C2CCC(C2)N1c1ncnc2[nH]ccc12. The van der Waals surface area contributed by atoms with Crippen LogP contribution in [0, 0.1) is 5.92 Å². The average Bonchev–Trinajstić information content (AvgIpc) is 3.28. The highest BCUT2D eigenvalue weighted by Gasteiger charge is 2.46. The Hall–Kier alpha value is -2.36. The highest BCUT2D eigenvalue weighted by atomic mass is 19.4. The molecule has 4 rings (SSSR count). The molecule has 3 atom stereocenters. The number of alkyl halides is 3. The Morgan fingerprint density at radius 3 is 2.72 bits per heavy atom. The summed E-state index contributed by atoms with van der Waals surface area (Å²) in [7, 11) is 0. The summed E-state index contributed by atoms with van der Waals surface area (Å²) < 4.78 is 31.7. The fourth-order valence-corrected chi connectivity index (χ4v) is 3.72. The number of hydrogen-bond donors (Lipinski definition) is 3. The van der Waals surface area contributed by atoms with Gasteiger partial charge in [-0.25, -0.2) is 14.8 Å². The van der Waals surface area contributed by atoms with Crippen LogP contribution in [0.5, 0.6) is 0 Å². The fraction of sp³-hybridized carbons (Fsp3) is 0.533. The second-order valence-electron chi connectivity index (χ2n) is 6.12. The number of carboxylic acids is 1. The molecule has 2 fully saturated rings. The van der Waals surface area contributed by atoms with Crippen LogP contribution in [0.25, 0.3) is 11.0 Å². The minimum atomic E-state index is -5.08. The number of halogens is 3. The molecule has 7 nitrogen and oxygen atoms in total. The molecule has 136 valence electrons. The summed E-state index contributed by atoms with van der Waals surface area (Å²) >= 11 is 0. The van der Waals surface area contributed by atoms with Crippen molar-refractivity contribution in [2.45, 2.75) is 37.5 Å². The van der Waals surface area contributed by atoms with Crippen molar-refractivity contribution in [3.8, 4) is 0 Å². The van der Waals surface area contributed by atoms with Gasteiger partial charge < -0.3 is 20.1 Å². The van der Waals surface area contributed by atoms with Gasteiger partial charge in [-0.05, 0) is 31.2 Å². The molecule has 2 aliphatic rings. The molecule has 0 aromatic carbocycles. The van der Waals surface area contributed by atoms with Crippen molar-refractivity contribution in [2.24, 2.45) is 5.92 Å².